The van der Waals surface area contributed by atoms with Crippen LogP contribution >= 0.6 is 0 Å². The van der Waals surface area contributed by atoms with Gasteiger partial charge in [-0.1, -0.05) is 0 Å². The van der Waals surface area contributed by atoms with E-state index in [1.165, 1.54) is 19.3 Å². The second-order valence-electron chi connectivity index (χ2n) is 5.79. The molecule has 2 aliphatic carbocycles. The number of ether oxygens (including phenoxy) is 1. The fourth-order valence-corrected chi connectivity index (χ4v) is 2.67. The predicted octanol–water partition coefficient (Wildman–Crippen LogP) is 2.76. The van der Waals surface area contributed by atoms with Crippen molar-refractivity contribution in [1.29, 1.82) is 0 Å². The van der Waals surface area contributed by atoms with Crippen molar-refractivity contribution in [3.05, 3.63) is 0 Å². The summed E-state index contributed by atoms with van der Waals surface area (Å²) in [6.07, 6.45) is 4.61. The number of esters is 1. The molecule has 2 heteroatoms. The van der Waals surface area contributed by atoms with Crippen molar-refractivity contribution in [2.75, 3.05) is 0 Å². The van der Waals surface area contributed by atoms with E-state index in [9.17, 15) is 4.79 Å². The quantitative estimate of drug-likeness (QED) is 0.635. The number of hydrogen-bond donors (Lipinski definition) is 0. The molecular weight excluding hydrogens is 176 g/mol. The fourth-order valence-electron chi connectivity index (χ4n) is 2.67. The van der Waals surface area contributed by atoms with Crippen molar-refractivity contribution in [2.45, 2.75) is 52.1 Å². The lowest BCUT2D eigenvalue weighted by atomic mass is 10.00. The van der Waals surface area contributed by atoms with Crippen molar-refractivity contribution in [1.82, 2.24) is 0 Å². The van der Waals surface area contributed by atoms with Gasteiger partial charge in [-0.15, -0.1) is 0 Å². The van der Waals surface area contributed by atoms with E-state index in [2.05, 4.69) is 0 Å². The van der Waals surface area contributed by atoms with Crippen LogP contribution in [0.25, 0.3) is 0 Å². The maximum absolute atomic E-state index is 11.6. The third-order valence-electron chi connectivity index (χ3n) is 3.34. The van der Waals surface area contributed by atoms with E-state index in [-0.39, 0.29) is 11.6 Å². The molecule has 0 bridgehead atoms. The van der Waals surface area contributed by atoms with E-state index in [0.29, 0.717) is 12.3 Å². The Kier molecular flexibility index (Phi) is 2.32. The molecule has 0 saturated heterocycles. The first-order valence-corrected chi connectivity index (χ1v) is 5.67. The summed E-state index contributed by atoms with van der Waals surface area (Å²) < 4.78 is 5.33. The van der Waals surface area contributed by atoms with Gasteiger partial charge in [0.2, 0.25) is 0 Å². The van der Waals surface area contributed by atoms with Crippen LogP contribution in [0.15, 0.2) is 0 Å². The minimum Gasteiger partial charge on any atom is -0.460 e. The van der Waals surface area contributed by atoms with Gasteiger partial charge in [0.05, 0.1) is 0 Å². The molecule has 0 amide bonds. The Morgan fingerprint density at radius 1 is 1.36 bits per heavy atom. The van der Waals surface area contributed by atoms with Crippen molar-refractivity contribution in [3.8, 4) is 0 Å². The van der Waals surface area contributed by atoms with Crippen LogP contribution in [0.5, 0.6) is 0 Å². The van der Waals surface area contributed by atoms with Crippen LogP contribution in [0.2, 0.25) is 0 Å². The molecule has 0 spiro atoms. The van der Waals surface area contributed by atoms with E-state index in [1.807, 2.05) is 20.8 Å². The SMILES string of the molecule is CC(C)(C)OC(=O)CC1CCC2CC12. The van der Waals surface area contributed by atoms with Crippen LogP contribution in [0.3, 0.4) is 0 Å². The van der Waals surface area contributed by atoms with Gasteiger partial charge in [-0.2, -0.15) is 0 Å². The molecular formula is C12H20O2. The normalized spacial score (nSPS) is 35.2. The zero-order chi connectivity index (χ0) is 10.3. The van der Waals surface area contributed by atoms with E-state index in [0.717, 1.165) is 11.8 Å². The molecule has 0 radical (unpaired) electrons. The zero-order valence-electron chi connectivity index (χ0n) is 9.38. The van der Waals surface area contributed by atoms with Gasteiger partial charge in [0, 0.05) is 6.42 Å². The van der Waals surface area contributed by atoms with Gasteiger partial charge in [-0.05, 0) is 57.8 Å². The highest BCUT2D eigenvalue weighted by Crippen LogP contribution is 2.56. The second kappa shape index (κ2) is 3.25. The summed E-state index contributed by atoms with van der Waals surface area (Å²) in [4.78, 5) is 11.6. The summed E-state index contributed by atoms with van der Waals surface area (Å²) in [5.74, 6) is 2.45. The molecule has 0 N–H and O–H groups in total. The highest BCUT2D eigenvalue weighted by molar-refractivity contribution is 5.70. The number of rotatable bonds is 2. The van der Waals surface area contributed by atoms with E-state index < -0.39 is 0 Å². The molecule has 2 fully saturated rings. The Morgan fingerprint density at radius 3 is 2.50 bits per heavy atom. The molecule has 0 heterocycles. The van der Waals surface area contributed by atoms with Gasteiger partial charge in [0.25, 0.3) is 0 Å². The predicted molar refractivity (Wildman–Crippen MR) is 54.8 cm³/mol. The average molecular weight is 196 g/mol. The Morgan fingerprint density at radius 2 is 2.07 bits per heavy atom. The van der Waals surface area contributed by atoms with E-state index in [1.54, 1.807) is 0 Å². The molecule has 2 saturated carbocycles. The lowest BCUT2D eigenvalue weighted by Gasteiger charge is -2.21. The smallest absolute Gasteiger partial charge is 0.306 e. The molecule has 0 aromatic heterocycles. The van der Waals surface area contributed by atoms with Gasteiger partial charge >= 0.3 is 5.97 Å². The Balaban J connectivity index is 1.77. The molecule has 3 atom stereocenters. The molecule has 14 heavy (non-hydrogen) atoms. The highest BCUT2D eigenvalue weighted by Gasteiger charge is 2.48. The summed E-state index contributed by atoms with van der Waals surface area (Å²) in [5.41, 5.74) is -0.321. The Bertz CT molecular complexity index is 239. The lowest BCUT2D eigenvalue weighted by Crippen LogP contribution is -2.25. The van der Waals surface area contributed by atoms with Crippen LogP contribution in [0.1, 0.15) is 46.5 Å². The Hall–Kier alpha value is -0.530. The van der Waals surface area contributed by atoms with Crippen LogP contribution in [0.4, 0.5) is 0 Å². The molecule has 0 aromatic carbocycles. The van der Waals surface area contributed by atoms with Gasteiger partial charge in [0.1, 0.15) is 5.60 Å². The maximum atomic E-state index is 11.6. The van der Waals surface area contributed by atoms with Gasteiger partial charge < -0.3 is 4.74 Å². The molecule has 2 aliphatic rings. The Labute approximate surface area is 86.0 Å². The first-order chi connectivity index (χ1) is 6.46. The second-order valence-corrected chi connectivity index (χ2v) is 5.79. The fraction of sp³-hybridized carbons (Fsp3) is 0.917. The molecule has 3 unspecified atom stereocenters. The molecule has 80 valence electrons. The summed E-state index contributed by atoms with van der Waals surface area (Å²) >= 11 is 0. The van der Waals surface area contributed by atoms with Crippen LogP contribution in [-0.2, 0) is 9.53 Å². The zero-order valence-corrected chi connectivity index (χ0v) is 9.38. The summed E-state index contributed by atoms with van der Waals surface area (Å²) in [6, 6.07) is 0. The van der Waals surface area contributed by atoms with E-state index in [4.69, 9.17) is 4.74 Å². The van der Waals surface area contributed by atoms with Crippen molar-refractivity contribution in [3.63, 3.8) is 0 Å². The number of carbonyl (C=O) groups is 1. The third kappa shape index (κ3) is 2.28. The molecule has 2 nitrogen and oxygen atoms in total. The first-order valence-electron chi connectivity index (χ1n) is 5.67. The summed E-state index contributed by atoms with van der Waals surface area (Å²) in [7, 11) is 0. The summed E-state index contributed by atoms with van der Waals surface area (Å²) in [6.45, 7) is 5.79. The number of fused-ring (bicyclic) bond motifs is 1. The van der Waals surface area contributed by atoms with Crippen LogP contribution in [0, 0.1) is 17.8 Å². The number of hydrogen-bond acceptors (Lipinski definition) is 2. The minimum absolute atomic E-state index is 0.00458. The van der Waals surface area contributed by atoms with Crippen molar-refractivity contribution >= 4 is 5.97 Å². The van der Waals surface area contributed by atoms with Gasteiger partial charge in [-0.3, -0.25) is 4.79 Å². The van der Waals surface area contributed by atoms with Gasteiger partial charge in [-0.25, -0.2) is 0 Å². The molecule has 0 aromatic rings. The summed E-state index contributed by atoms with van der Waals surface area (Å²) in [5, 5.41) is 0. The maximum Gasteiger partial charge on any atom is 0.306 e. The first kappa shape index (κ1) is 10.0. The van der Waals surface area contributed by atoms with Crippen LogP contribution < -0.4 is 0 Å². The van der Waals surface area contributed by atoms with Crippen LogP contribution in [-0.4, -0.2) is 11.6 Å². The monoisotopic (exact) mass is 196 g/mol. The average Bonchev–Trinajstić information content (AvgIpc) is 2.66. The molecule has 0 aliphatic heterocycles. The van der Waals surface area contributed by atoms with Crippen molar-refractivity contribution in [2.24, 2.45) is 17.8 Å². The van der Waals surface area contributed by atoms with Crippen molar-refractivity contribution < 1.29 is 9.53 Å². The van der Waals surface area contributed by atoms with E-state index >= 15 is 0 Å². The largest absolute Gasteiger partial charge is 0.460 e. The third-order valence-corrected chi connectivity index (χ3v) is 3.34. The minimum atomic E-state index is -0.321. The van der Waals surface area contributed by atoms with Gasteiger partial charge in [0.15, 0.2) is 0 Å². The number of carbonyl (C=O) groups excluding carboxylic acids is 1. The standard InChI is InChI=1S/C12H20O2/c1-12(2,3)14-11(13)7-9-5-4-8-6-10(8)9/h8-10H,4-7H2,1-3H3. The lowest BCUT2D eigenvalue weighted by molar-refractivity contribution is -0.156. The topological polar surface area (TPSA) is 26.3 Å². The highest BCUT2D eigenvalue weighted by atomic mass is 16.6. The molecule has 2 rings (SSSR count).